The molecule has 0 saturated heterocycles. The summed E-state index contributed by atoms with van der Waals surface area (Å²) in [4.78, 5) is 0. The first kappa shape index (κ1) is 16.0. The van der Waals surface area contributed by atoms with Gasteiger partial charge < -0.3 is 10.1 Å². The summed E-state index contributed by atoms with van der Waals surface area (Å²) in [7, 11) is 3.51. The molecule has 0 fully saturated rings. The van der Waals surface area contributed by atoms with Crippen molar-refractivity contribution < 1.29 is 9.13 Å². The van der Waals surface area contributed by atoms with Gasteiger partial charge in [-0.15, -0.1) is 0 Å². The third-order valence-corrected chi connectivity index (χ3v) is 4.06. The minimum absolute atomic E-state index is 0.00963. The van der Waals surface area contributed by atoms with Crippen molar-refractivity contribution >= 4 is 15.9 Å². The van der Waals surface area contributed by atoms with E-state index in [2.05, 4.69) is 21.2 Å². The third-order valence-electron chi connectivity index (χ3n) is 3.56. The van der Waals surface area contributed by atoms with Gasteiger partial charge >= 0.3 is 0 Å². The molecule has 0 aliphatic heterocycles. The van der Waals surface area contributed by atoms with E-state index >= 15 is 0 Å². The van der Waals surface area contributed by atoms with Crippen LogP contribution in [-0.2, 0) is 6.42 Å². The lowest BCUT2D eigenvalue weighted by molar-refractivity contribution is 0.414. The second kappa shape index (κ2) is 7.57. The van der Waals surface area contributed by atoms with E-state index in [1.807, 2.05) is 37.4 Å². The van der Waals surface area contributed by atoms with Crippen molar-refractivity contribution in [2.45, 2.75) is 18.9 Å². The Balaban J connectivity index is 2.06. The summed E-state index contributed by atoms with van der Waals surface area (Å²) in [5, 5.41) is 3.19. The fraction of sp³-hybridized carbons (Fsp3) is 0.294. The Morgan fingerprint density at radius 2 is 1.90 bits per heavy atom. The van der Waals surface area contributed by atoms with Crippen LogP contribution in [0.1, 0.15) is 23.6 Å². The molecule has 2 nitrogen and oxygen atoms in total. The highest BCUT2D eigenvalue weighted by molar-refractivity contribution is 9.10. The van der Waals surface area contributed by atoms with Gasteiger partial charge in [-0.2, -0.15) is 0 Å². The highest BCUT2D eigenvalue weighted by atomic mass is 79.9. The Labute approximate surface area is 133 Å². The molecule has 0 aliphatic rings. The van der Waals surface area contributed by atoms with Crippen LogP contribution in [0.4, 0.5) is 4.39 Å². The number of hydrogen-bond donors (Lipinski definition) is 1. The normalized spacial score (nSPS) is 12.2. The number of halogens is 2. The molecule has 0 saturated carbocycles. The molecule has 0 aromatic heterocycles. The van der Waals surface area contributed by atoms with E-state index in [9.17, 15) is 4.39 Å². The summed E-state index contributed by atoms with van der Waals surface area (Å²) in [6, 6.07) is 13.0. The van der Waals surface area contributed by atoms with E-state index < -0.39 is 0 Å². The fourth-order valence-corrected chi connectivity index (χ4v) is 2.72. The smallest absolute Gasteiger partial charge is 0.128 e. The zero-order valence-corrected chi connectivity index (χ0v) is 13.8. The summed E-state index contributed by atoms with van der Waals surface area (Å²) < 4.78 is 20.0. The summed E-state index contributed by atoms with van der Waals surface area (Å²) in [5.74, 6) is 0.675. The van der Waals surface area contributed by atoms with E-state index in [0.717, 1.165) is 23.1 Å². The van der Waals surface area contributed by atoms with Gasteiger partial charge in [0, 0.05) is 16.1 Å². The van der Waals surface area contributed by atoms with Crippen molar-refractivity contribution in [3.8, 4) is 5.75 Å². The standard InChI is InChI=1S/C17H19BrFNO/c1-20-17(15-11-13(18)6-9-16(15)19)10-5-12-3-7-14(21-2)8-4-12/h3-4,6-9,11,17,20H,5,10H2,1-2H3. The molecule has 0 spiro atoms. The quantitative estimate of drug-likeness (QED) is 0.827. The number of aryl methyl sites for hydroxylation is 1. The number of nitrogens with one attached hydrogen (secondary N) is 1. The molecule has 0 heterocycles. The Hall–Kier alpha value is -1.39. The van der Waals surface area contributed by atoms with Crippen LogP contribution in [-0.4, -0.2) is 14.2 Å². The van der Waals surface area contributed by atoms with Crippen molar-refractivity contribution in [1.29, 1.82) is 0 Å². The Morgan fingerprint density at radius 1 is 1.19 bits per heavy atom. The Morgan fingerprint density at radius 3 is 2.52 bits per heavy atom. The maximum absolute atomic E-state index is 14.0. The van der Waals surface area contributed by atoms with Crippen molar-refractivity contribution in [2.24, 2.45) is 0 Å². The van der Waals surface area contributed by atoms with Gasteiger partial charge in [0.1, 0.15) is 11.6 Å². The molecule has 0 aliphatic carbocycles. The molecule has 1 atom stereocenters. The van der Waals surface area contributed by atoms with Crippen molar-refractivity contribution in [3.63, 3.8) is 0 Å². The van der Waals surface area contributed by atoms with E-state index in [1.165, 1.54) is 11.6 Å². The Bertz CT molecular complexity index is 586. The van der Waals surface area contributed by atoms with E-state index in [4.69, 9.17) is 4.74 Å². The molecule has 1 unspecified atom stereocenters. The van der Waals surface area contributed by atoms with Gasteiger partial charge in [-0.1, -0.05) is 28.1 Å². The number of methoxy groups -OCH3 is 1. The van der Waals surface area contributed by atoms with Crippen LogP contribution < -0.4 is 10.1 Å². The molecular weight excluding hydrogens is 333 g/mol. The van der Waals surface area contributed by atoms with Crippen LogP contribution in [0.25, 0.3) is 0 Å². The zero-order chi connectivity index (χ0) is 15.2. The second-order valence-corrected chi connectivity index (χ2v) is 5.81. The molecule has 4 heteroatoms. The van der Waals surface area contributed by atoms with Crippen molar-refractivity contribution in [3.05, 3.63) is 63.9 Å². The van der Waals surface area contributed by atoms with Crippen LogP contribution in [0.15, 0.2) is 46.9 Å². The van der Waals surface area contributed by atoms with Gasteiger partial charge in [0.15, 0.2) is 0 Å². The minimum atomic E-state index is -0.174. The molecule has 2 aromatic carbocycles. The highest BCUT2D eigenvalue weighted by Gasteiger charge is 2.14. The molecule has 2 rings (SSSR count). The number of rotatable bonds is 6. The molecule has 0 amide bonds. The maximum atomic E-state index is 14.0. The van der Waals surface area contributed by atoms with Crippen LogP contribution >= 0.6 is 15.9 Å². The predicted molar refractivity (Wildman–Crippen MR) is 87.2 cm³/mol. The van der Waals surface area contributed by atoms with Crippen molar-refractivity contribution in [1.82, 2.24) is 5.32 Å². The van der Waals surface area contributed by atoms with Gasteiger partial charge in [-0.05, 0) is 55.8 Å². The van der Waals surface area contributed by atoms with Crippen LogP contribution in [0.5, 0.6) is 5.75 Å². The van der Waals surface area contributed by atoms with Crippen molar-refractivity contribution in [2.75, 3.05) is 14.2 Å². The zero-order valence-electron chi connectivity index (χ0n) is 12.2. The number of ether oxygens (including phenoxy) is 1. The SMILES string of the molecule is CNC(CCc1ccc(OC)cc1)c1cc(Br)ccc1F. The second-order valence-electron chi connectivity index (χ2n) is 4.89. The van der Waals surface area contributed by atoms with Crippen LogP contribution in [0.2, 0.25) is 0 Å². The van der Waals surface area contributed by atoms with E-state index in [0.29, 0.717) is 5.56 Å². The molecule has 2 aromatic rings. The molecule has 0 radical (unpaired) electrons. The van der Waals surface area contributed by atoms with E-state index in [1.54, 1.807) is 13.2 Å². The first-order valence-electron chi connectivity index (χ1n) is 6.89. The molecule has 0 bridgehead atoms. The van der Waals surface area contributed by atoms with Gasteiger partial charge in [-0.25, -0.2) is 4.39 Å². The largest absolute Gasteiger partial charge is 0.497 e. The summed E-state index contributed by atoms with van der Waals surface area (Å²) >= 11 is 3.40. The fourth-order valence-electron chi connectivity index (χ4n) is 2.34. The summed E-state index contributed by atoms with van der Waals surface area (Å²) in [6.07, 6.45) is 1.71. The minimum Gasteiger partial charge on any atom is -0.497 e. The first-order valence-corrected chi connectivity index (χ1v) is 7.68. The average molecular weight is 352 g/mol. The van der Waals surface area contributed by atoms with Crippen LogP contribution in [0.3, 0.4) is 0 Å². The number of benzene rings is 2. The number of hydrogen-bond acceptors (Lipinski definition) is 2. The van der Waals surface area contributed by atoms with Gasteiger partial charge in [0.05, 0.1) is 7.11 Å². The van der Waals surface area contributed by atoms with Gasteiger partial charge in [0.25, 0.3) is 0 Å². The predicted octanol–water partition coefficient (Wildman–Crippen LogP) is 4.49. The molecule has 112 valence electrons. The Kier molecular flexibility index (Phi) is 5.76. The lowest BCUT2D eigenvalue weighted by Crippen LogP contribution is -2.18. The monoisotopic (exact) mass is 351 g/mol. The van der Waals surface area contributed by atoms with E-state index in [-0.39, 0.29) is 11.9 Å². The third kappa shape index (κ3) is 4.29. The molecule has 1 N–H and O–H groups in total. The highest BCUT2D eigenvalue weighted by Crippen LogP contribution is 2.25. The topological polar surface area (TPSA) is 21.3 Å². The van der Waals surface area contributed by atoms with Gasteiger partial charge in [0.2, 0.25) is 0 Å². The molecular formula is C17H19BrFNO. The lowest BCUT2D eigenvalue weighted by atomic mass is 9.98. The summed E-state index contributed by atoms with van der Waals surface area (Å²) in [6.45, 7) is 0. The molecule has 21 heavy (non-hydrogen) atoms. The average Bonchev–Trinajstić information content (AvgIpc) is 2.51. The first-order chi connectivity index (χ1) is 10.1. The van der Waals surface area contributed by atoms with Crippen LogP contribution in [0, 0.1) is 5.82 Å². The lowest BCUT2D eigenvalue weighted by Gasteiger charge is -2.18. The van der Waals surface area contributed by atoms with Gasteiger partial charge in [-0.3, -0.25) is 0 Å². The maximum Gasteiger partial charge on any atom is 0.128 e. The summed E-state index contributed by atoms with van der Waals surface area (Å²) in [5.41, 5.74) is 1.91.